The zero-order chi connectivity index (χ0) is 14.3. The standard InChI is InChI=1S/C14H18BrN3O/c1-3-12(6-7-16)18-14(19)9-17-13-5-4-11(15)8-10(13)2/h4-5,8,12,17H,3,6,9H2,1-2H3,(H,18,19). The minimum Gasteiger partial charge on any atom is -0.376 e. The lowest BCUT2D eigenvalue weighted by Gasteiger charge is -2.15. The minimum atomic E-state index is -0.0931. The Morgan fingerprint density at radius 3 is 2.84 bits per heavy atom. The molecule has 0 spiro atoms. The van der Waals surface area contributed by atoms with Crippen LogP contribution in [0.5, 0.6) is 0 Å². The number of hydrogen-bond donors (Lipinski definition) is 2. The van der Waals surface area contributed by atoms with Crippen molar-refractivity contribution in [1.29, 1.82) is 5.26 Å². The van der Waals surface area contributed by atoms with Crippen molar-refractivity contribution in [3.63, 3.8) is 0 Å². The van der Waals surface area contributed by atoms with Gasteiger partial charge in [-0.2, -0.15) is 5.26 Å². The van der Waals surface area contributed by atoms with Gasteiger partial charge in [-0.05, 0) is 37.1 Å². The number of halogens is 1. The van der Waals surface area contributed by atoms with E-state index in [1.54, 1.807) is 0 Å². The maximum absolute atomic E-state index is 11.7. The third kappa shape index (κ3) is 5.31. The van der Waals surface area contributed by atoms with Crippen LogP contribution < -0.4 is 10.6 Å². The first kappa shape index (κ1) is 15.5. The highest BCUT2D eigenvalue weighted by atomic mass is 79.9. The maximum atomic E-state index is 11.7. The van der Waals surface area contributed by atoms with E-state index in [0.29, 0.717) is 6.42 Å². The third-order valence-corrected chi connectivity index (χ3v) is 3.32. The summed E-state index contributed by atoms with van der Waals surface area (Å²) >= 11 is 3.40. The fraction of sp³-hybridized carbons (Fsp3) is 0.429. The van der Waals surface area contributed by atoms with Crippen LogP contribution in [0.4, 0.5) is 5.69 Å². The van der Waals surface area contributed by atoms with Gasteiger partial charge in [-0.1, -0.05) is 22.9 Å². The van der Waals surface area contributed by atoms with Crippen molar-refractivity contribution >= 4 is 27.5 Å². The third-order valence-electron chi connectivity index (χ3n) is 2.82. The summed E-state index contributed by atoms with van der Waals surface area (Å²) in [6.45, 7) is 4.15. The topological polar surface area (TPSA) is 64.9 Å². The molecule has 5 heteroatoms. The number of anilines is 1. The number of aryl methyl sites for hydroxylation is 1. The van der Waals surface area contributed by atoms with Crippen molar-refractivity contribution < 1.29 is 4.79 Å². The van der Waals surface area contributed by atoms with Crippen LogP contribution in [0.25, 0.3) is 0 Å². The predicted octanol–water partition coefficient (Wildman–Crippen LogP) is 2.98. The van der Waals surface area contributed by atoms with Crippen LogP contribution in [0.15, 0.2) is 22.7 Å². The summed E-state index contributed by atoms with van der Waals surface area (Å²) in [5, 5.41) is 14.6. The molecule has 0 radical (unpaired) electrons. The average Bonchev–Trinajstić information content (AvgIpc) is 2.37. The summed E-state index contributed by atoms with van der Waals surface area (Å²) in [4.78, 5) is 11.7. The molecular formula is C14H18BrN3O. The van der Waals surface area contributed by atoms with Gasteiger partial charge in [-0.3, -0.25) is 4.79 Å². The Morgan fingerprint density at radius 1 is 1.53 bits per heavy atom. The Hall–Kier alpha value is -1.54. The minimum absolute atomic E-state index is 0.0645. The van der Waals surface area contributed by atoms with Crippen LogP contribution in [0.1, 0.15) is 25.3 Å². The number of amides is 1. The largest absolute Gasteiger partial charge is 0.376 e. The average molecular weight is 324 g/mol. The number of nitrogens with zero attached hydrogens (tertiary/aromatic N) is 1. The lowest BCUT2D eigenvalue weighted by atomic mass is 10.1. The molecule has 1 atom stereocenters. The fourth-order valence-corrected chi connectivity index (χ4v) is 2.16. The molecule has 1 unspecified atom stereocenters. The maximum Gasteiger partial charge on any atom is 0.239 e. The molecule has 1 rings (SSSR count). The van der Waals surface area contributed by atoms with E-state index in [9.17, 15) is 4.79 Å². The number of carbonyl (C=O) groups excluding carboxylic acids is 1. The quantitative estimate of drug-likeness (QED) is 0.845. The second-order valence-corrected chi connectivity index (χ2v) is 5.26. The highest BCUT2D eigenvalue weighted by molar-refractivity contribution is 9.10. The normalized spacial score (nSPS) is 11.5. The molecule has 0 saturated heterocycles. The first-order chi connectivity index (χ1) is 9.06. The van der Waals surface area contributed by atoms with Gasteiger partial charge in [0.1, 0.15) is 0 Å². The monoisotopic (exact) mass is 323 g/mol. The van der Waals surface area contributed by atoms with E-state index in [0.717, 1.165) is 22.1 Å². The van der Waals surface area contributed by atoms with Crippen LogP contribution >= 0.6 is 15.9 Å². The second-order valence-electron chi connectivity index (χ2n) is 4.35. The van der Waals surface area contributed by atoms with E-state index in [2.05, 4.69) is 32.6 Å². The summed E-state index contributed by atoms with van der Waals surface area (Å²) in [6.07, 6.45) is 1.11. The molecule has 102 valence electrons. The van der Waals surface area contributed by atoms with Crippen LogP contribution in [-0.2, 0) is 4.79 Å². The Morgan fingerprint density at radius 2 is 2.26 bits per heavy atom. The zero-order valence-electron chi connectivity index (χ0n) is 11.2. The summed E-state index contributed by atoms with van der Waals surface area (Å²) in [7, 11) is 0. The molecule has 0 heterocycles. The van der Waals surface area contributed by atoms with Crippen molar-refractivity contribution in [1.82, 2.24) is 5.32 Å². The SMILES string of the molecule is CCC(CC#N)NC(=O)CNc1ccc(Br)cc1C. The van der Waals surface area contributed by atoms with Gasteiger partial charge in [-0.25, -0.2) is 0 Å². The molecular weight excluding hydrogens is 306 g/mol. The van der Waals surface area contributed by atoms with Crippen molar-refractivity contribution in [2.24, 2.45) is 0 Å². The van der Waals surface area contributed by atoms with Crippen LogP contribution in [0.2, 0.25) is 0 Å². The van der Waals surface area contributed by atoms with E-state index >= 15 is 0 Å². The van der Waals surface area contributed by atoms with Gasteiger partial charge < -0.3 is 10.6 Å². The Kier molecular flexibility index (Phi) is 6.37. The molecule has 0 aliphatic heterocycles. The lowest BCUT2D eigenvalue weighted by molar-refractivity contribution is -0.120. The number of nitriles is 1. The van der Waals surface area contributed by atoms with E-state index in [-0.39, 0.29) is 18.5 Å². The molecule has 0 aromatic heterocycles. The molecule has 0 aliphatic carbocycles. The molecule has 1 amide bonds. The van der Waals surface area contributed by atoms with Crippen molar-refractivity contribution in [3.05, 3.63) is 28.2 Å². The van der Waals surface area contributed by atoms with Gasteiger partial charge in [0.05, 0.1) is 19.0 Å². The molecule has 1 aromatic carbocycles. The first-order valence-electron chi connectivity index (χ1n) is 6.23. The number of benzene rings is 1. The fourth-order valence-electron chi connectivity index (χ4n) is 1.69. The zero-order valence-corrected chi connectivity index (χ0v) is 12.8. The smallest absolute Gasteiger partial charge is 0.239 e. The van der Waals surface area contributed by atoms with Crippen molar-refractivity contribution in [2.75, 3.05) is 11.9 Å². The van der Waals surface area contributed by atoms with Crippen LogP contribution in [-0.4, -0.2) is 18.5 Å². The number of hydrogen-bond acceptors (Lipinski definition) is 3. The molecule has 1 aromatic rings. The summed E-state index contributed by atoms with van der Waals surface area (Å²) in [6, 6.07) is 7.86. The summed E-state index contributed by atoms with van der Waals surface area (Å²) in [5.41, 5.74) is 2.01. The van der Waals surface area contributed by atoms with E-state index < -0.39 is 0 Å². The highest BCUT2D eigenvalue weighted by Crippen LogP contribution is 2.19. The van der Waals surface area contributed by atoms with Gasteiger partial charge in [0.15, 0.2) is 0 Å². The molecule has 0 fully saturated rings. The summed E-state index contributed by atoms with van der Waals surface area (Å²) in [5.74, 6) is -0.0931. The molecule has 2 N–H and O–H groups in total. The highest BCUT2D eigenvalue weighted by Gasteiger charge is 2.09. The van der Waals surface area contributed by atoms with Crippen LogP contribution in [0, 0.1) is 18.3 Å². The second kappa shape index (κ2) is 7.80. The van der Waals surface area contributed by atoms with Crippen LogP contribution in [0.3, 0.4) is 0 Å². The summed E-state index contributed by atoms with van der Waals surface area (Å²) < 4.78 is 1.01. The van der Waals surface area contributed by atoms with Gasteiger partial charge in [0, 0.05) is 16.2 Å². The van der Waals surface area contributed by atoms with Gasteiger partial charge >= 0.3 is 0 Å². The van der Waals surface area contributed by atoms with E-state index in [1.165, 1.54) is 0 Å². The first-order valence-corrected chi connectivity index (χ1v) is 7.02. The number of carbonyl (C=O) groups is 1. The van der Waals surface area contributed by atoms with Crippen molar-refractivity contribution in [3.8, 4) is 6.07 Å². The van der Waals surface area contributed by atoms with Gasteiger partial charge in [0.2, 0.25) is 5.91 Å². The molecule has 4 nitrogen and oxygen atoms in total. The predicted molar refractivity (Wildman–Crippen MR) is 79.8 cm³/mol. The number of rotatable bonds is 6. The molecule has 0 saturated carbocycles. The molecule has 0 bridgehead atoms. The Balaban J connectivity index is 2.48. The number of nitrogens with one attached hydrogen (secondary N) is 2. The lowest BCUT2D eigenvalue weighted by Crippen LogP contribution is -2.37. The Labute approximate surface area is 122 Å². The molecule has 0 aliphatic rings. The van der Waals surface area contributed by atoms with Crippen molar-refractivity contribution in [2.45, 2.75) is 32.7 Å². The molecule has 19 heavy (non-hydrogen) atoms. The van der Waals surface area contributed by atoms with E-state index in [1.807, 2.05) is 32.0 Å². The Bertz CT molecular complexity index is 482. The van der Waals surface area contributed by atoms with Gasteiger partial charge in [0.25, 0.3) is 0 Å². The van der Waals surface area contributed by atoms with E-state index in [4.69, 9.17) is 5.26 Å². The van der Waals surface area contributed by atoms with Gasteiger partial charge in [-0.15, -0.1) is 0 Å².